The van der Waals surface area contributed by atoms with E-state index in [9.17, 15) is 5.11 Å². The summed E-state index contributed by atoms with van der Waals surface area (Å²) in [5.74, 6) is 0.290. The number of phenols is 1. The molecule has 18 heavy (non-hydrogen) atoms. The van der Waals surface area contributed by atoms with Crippen LogP contribution in [-0.2, 0) is 4.74 Å². The van der Waals surface area contributed by atoms with Crippen LogP contribution in [0.15, 0.2) is 24.3 Å². The Morgan fingerprint density at radius 2 is 1.83 bits per heavy atom. The highest BCUT2D eigenvalue weighted by Gasteiger charge is 2.27. The normalized spacial score (nSPS) is 27.1. The Balaban J connectivity index is 2.14. The van der Waals surface area contributed by atoms with Crippen LogP contribution in [0.1, 0.15) is 25.5 Å². The molecule has 0 aliphatic carbocycles. The van der Waals surface area contributed by atoms with Gasteiger partial charge in [0, 0.05) is 25.7 Å². The fourth-order valence-corrected chi connectivity index (χ4v) is 2.66. The van der Waals surface area contributed by atoms with E-state index in [4.69, 9.17) is 10.5 Å². The van der Waals surface area contributed by atoms with Crippen LogP contribution in [0, 0.1) is 0 Å². The Morgan fingerprint density at radius 3 is 2.33 bits per heavy atom. The third-order valence-corrected chi connectivity index (χ3v) is 3.39. The van der Waals surface area contributed by atoms with Crippen LogP contribution < -0.4 is 5.73 Å². The van der Waals surface area contributed by atoms with Crippen molar-refractivity contribution >= 4 is 0 Å². The summed E-state index contributed by atoms with van der Waals surface area (Å²) in [6, 6.07) is 7.51. The summed E-state index contributed by atoms with van der Waals surface area (Å²) in [5.41, 5.74) is 7.07. The number of nitrogens with zero attached hydrogens (tertiary/aromatic N) is 1. The van der Waals surface area contributed by atoms with Gasteiger partial charge < -0.3 is 15.6 Å². The minimum atomic E-state index is 0.194. The van der Waals surface area contributed by atoms with Gasteiger partial charge >= 0.3 is 0 Å². The molecule has 0 bridgehead atoms. The van der Waals surface area contributed by atoms with Gasteiger partial charge in [0.1, 0.15) is 5.75 Å². The predicted molar refractivity (Wildman–Crippen MR) is 71.5 cm³/mol. The molecule has 3 atom stereocenters. The topological polar surface area (TPSA) is 58.7 Å². The van der Waals surface area contributed by atoms with Gasteiger partial charge in [-0.25, -0.2) is 0 Å². The van der Waals surface area contributed by atoms with Crippen molar-refractivity contribution in [1.82, 2.24) is 4.90 Å². The summed E-state index contributed by atoms with van der Waals surface area (Å²) in [7, 11) is 0. The molecule has 1 heterocycles. The number of phenolic OH excluding ortho intramolecular Hbond substituents is 1. The van der Waals surface area contributed by atoms with Gasteiger partial charge in [-0.05, 0) is 31.5 Å². The zero-order valence-corrected chi connectivity index (χ0v) is 11.0. The molecule has 1 aromatic rings. The second kappa shape index (κ2) is 5.69. The molecule has 4 nitrogen and oxygen atoms in total. The minimum Gasteiger partial charge on any atom is -0.508 e. The minimum absolute atomic E-state index is 0.194. The van der Waals surface area contributed by atoms with Crippen molar-refractivity contribution in [2.45, 2.75) is 32.1 Å². The molecule has 2 rings (SSSR count). The van der Waals surface area contributed by atoms with Gasteiger partial charge in [0.25, 0.3) is 0 Å². The first-order valence-electron chi connectivity index (χ1n) is 6.48. The van der Waals surface area contributed by atoms with Crippen LogP contribution in [0.5, 0.6) is 5.75 Å². The maximum atomic E-state index is 9.34. The van der Waals surface area contributed by atoms with Crippen LogP contribution in [0.25, 0.3) is 0 Å². The highest BCUT2D eigenvalue weighted by atomic mass is 16.5. The van der Waals surface area contributed by atoms with Gasteiger partial charge in [-0.1, -0.05) is 12.1 Å². The lowest BCUT2D eigenvalue weighted by molar-refractivity contribution is -0.0799. The molecule has 1 saturated heterocycles. The molecule has 3 unspecified atom stereocenters. The van der Waals surface area contributed by atoms with Crippen molar-refractivity contribution in [3.05, 3.63) is 29.8 Å². The number of nitrogens with two attached hydrogens (primary N) is 1. The van der Waals surface area contributed by atoms with Gasteiger partial charge in [0.15, 0.2) is 0 Å². The average Bonchev–Trinajstić information content (AvgIpc) is 2.31. The van der Waals surface area contributed by atoms with E-state index in [0.717, 1.165) is 18.7 Å². The standard InChI is InChI=1S/C14H22N2O2/c1-10-8-16(9-11(2)18-10)14(7-15)12-3-5-13(17)6-4-12/h3-6,10-11,14,17H,7-9,15H2,1-2H3. The number of benzene rings is 1. The lowest BCUT2D eigenvalue weighted by atomic mass is 10.0. The van der Waals surface area contributed by atoms with Crippen LogP contribution >= 0.6 is 0 Å². The van der Waals surface area contributed by atoms with Gasteiger partial charge in [-0.2, -0.15) is 0 Å². The SMILES string of the molecule is CC1CN(C(CN)c2ccc(O)cc2)CC(C)O1. The molecule has 1 aliphatic heterocycles. The quantitative estimate of drug-likeness (QED) is 0.853. The highest BCUT2D eigenvalue weighted by Crippen LogP contribution is 2.25. The van der Waals surface area contributed by atoms with Crippen LogP contribution in [-0.4, -0.2) is 41.8 Å². The highest BCUT2D eigenvalue weighted by molar-refractivity contribution is 5.28. The van der Waals surface area contributed by atoms with E-state index in [-0.39, 0.29) is 18.2 Å². The fourth-order valence-electron chi connectivity index (χ4n) is 2.66. The third-order valence-electron chi connectivity index (χ3n) is 3.39. The van der Waals surface area contributed by atoms with Crippen molar-refractivity contribution in [2.75, 3.05) is 19.6 Å². The number of hydrogen-bond acceptors (Lipinski definition) is 4. The summed E-state index contributed by atoms with van der Waals surface area (Å²) in [5, 5.41) is 9.34. The Morgan fingerprint density at radius 1 is 1.28 bits per heavy atom. The second-order valence-corrected chi connectivity index (χ2v) is 5.05. The monoisotopic (exact) mass is 250 g/mol. The first-order valence-corrected chi connectivity index (χ1v) is 6.48. The first-order chi connectivity index (χ1) is 8.60. The smallest absolute Gasteiger partial charge is 0.115 e. The van der Waals surface area contributed by atoms with E-state index in [2.05, 4.69) is 18.7 Å². The molecular formula is C14H22N2O2. The van der Waals surface area contributed by atoms with Crippen molar-refractivity contribution in [3.8, 4) is 5.75 Å². The Kier molecular flexibility index (Phi) is 4.22. The van der Waals surface area contributed by atoms with Crippen molar-refractivity contribution in [1.29, 1.82) is 0 Å². The average molecular weight is 250 g/mol. The fraction of sp³-hybridized carbons (Fsp3) is 0.571. The molecule has 1 aromatic carbocycles. The number of aromatic hydroxyl groups is 1. The molecule has 0 aromatic heterocycles. The zero-order chi connectivity index (χ0) is 13.1. The Labute approximate surface area is 108 Å². The molecule has 0 saturated carbocycles. The van der Waals surface area contributed by atoms with E-state index >= 15 is 0 Å². The molecule has 100 valence electrons. The molecule has 1 fully saturated rings. The summed E-state index contributed by atoms with van der Waals surface area (Å²) in [6.07, 6.45) is 0.472. The number of hydrogen-bond donors (Lipinski definition) is 2. The first kappa shape index (κ1) is 13.3. The van der Waals surface area contributed by atoms with Crippen molar-refractivity contribution in [2.24, 2.45) is 5.73 Å². The number of morpholine rings is 1. The molecule has 4 heteroatoms. The largest absolute Gasteiger partial charge is 0.508 e. The molecule has 3 N–H and O–H groups in total. The lowest BCUT2D eigenvalue weighted by Crippen LogP contribution is -2.48. The number of rotatable bonds is 3. The number of ether oxygens (including phenoxy) is 1. The second-order valence-electron chi connectivity index (χ2n) is 5.05. The lowest BCUT2D eigenvalue weighted by Gasteiger charge is -2.40. The van der Waals surface area contributed by atoms with E-state index in [0.29, 0.717) is 12.3 Å². The van der Waals surface area contributed by atoms with Crippen molar-refractivity contribution < 1.29 is 9.84 Å². The van der Waals surface area contributed by atoms with Crippen LogP contribution in [0.4, 0.5) is 0 Å². The maximum Gasteiger partial charge on any atom is 0.115 e. The summed E-state index contributed by atoms with van der Waals surface area (Å²) < 4.78 is 5.74. The van der Waals surface area contributed by atoms with Gasteiger partial charge in [-0.3, -0.25) is 4.90 Å². The summed E-state index contributed by atoms with van der Waals surface area (Å²) >= 11 is 0. The Bertz CT molecular complexity index is 370. The summed E-state index contributed by atoms with van der Waals surface area (Å²) in [4.78, 5) is 2.37. The van der Waals surface area contributed by atoms with Gasteiger partial charge in [0.05, 0.1) is 12.2 Å². The maximum absolute atomic E-state index is 9.34. The van der Waals surface area contributed by atoms with E-state index in [1.807, 2.05) is 12.1 Å². The molecule has 1 aliphatic rings. The molecule has 0 amide bonds. The molecule has 0 radical (unpaired) electrons. The van der Waals surface area contributed by atoms with Crippen LogP contribution in [0.2, 0.25) is 0 Å². The van der Waals surface area contributed by atoms with E-state index in [1.54, 1.807) is 12.1 Å². The van der Waals surface area contributed by atoms with E-state index < -0.39 is 0 Å². The predicted octanol–water partition coefficient (Wildman–Crippen LogP) is 1.50. The van der Waals surface area contributed by atoms with Crippen LogP contribution in [0.3, 0.4) is 0 Å². The van der Waals surface area contributed by atoms with Crippen molar-refractivity contribution in [3.63, 3.8) is 0 Å². The van der Waals surface area contributed by atoms with Gasteiger partial charge in [0.2, 0.25) is 0 Å². The summed E-state index contributed by atoms with van der Waals surface area (Å²) in [6.45, 7) is 6.55. The van der Waals surface area contributed by atoms with E-state index in [1.165, 1.54) is 0 Å². The molecular weight excluding hydrogens is 228 g/mol. The zero-order valence-electron chi connectivity index (χ0n) is 11.0. The Hall–Kier alpha value is -1.10. The van der Waals surface area contributed by atoms with Gasteiger partial charge in [-0.15, -0.1) is 0 Å². The molecule has 0 spiro atoms. The third kappa shape index (κ3) is 3.02.